The smallest absolute Gasteiger partial charge is 0.272 e. The lowest BCUT2D eigenvalue weighted by atomic mass is 10.0. The third kappa shape index (κ3) is 3.84. The van der Waals surface area contributed by atoms with E-state index < -0.39 is 0 Å². The van der Waals surface area contributed by atoms with Crippen LogP contribution in [0.2, 0.25) is 0 Å². The van der Waals surface area contributed by atoms with E-state index in [4.69, 9.17) is 4.74 Å². The first-order valence-electron chi connectivity index (χ1n) is 9.13. The molecule has 1 amide bonds. The average molecular weight is 362 g/mol. The Morgan fingerprint density at radius 3 is 2.67 bits per heavy atom. The van der Waals surface area contributed by atoms with E-state index in [0.29, 0.717) is 24.8 Å². The Hall–Kier alpha value is -3.15. The summed E-state index contributed by atoms with van der Waals surface area (Å²) in [6, 6.07) is 13.8. The zero-order valence-corrected chi connectivity index (χ0v) is 15.3. The Morgan fingerprint density at radius 1 is 1.11 bits per heavy atom. The zero-order chi connectivity index (χ0) is 18.6. The van der Waals surface area contributed by atoms with Gasteiger partial charge in [-0.05, 0) is 30.4 Å². The minimum absolute atomic E-state index is 0.00120. The number of anilines is 1. The van der Waals surface area contributed by atoms with E-state index >= 15 is 0 Å². The van der Waals surface area contributed by atoms with Crippen molar-refractivity contribution in [1.29, 1.82) is 0 Å². The number of hydrogen-bond donors (Lipinski definition) is 1. The van der Waals surface area contributed by atoms with E-state index in [1.165, 1.54) is 0 Å². The third-order valence-corrected chi connectivity index (χ3v) is 4.95. The molecule has 0 unspecified atom stereocenters. The highest BCUT2D eigenvalue weighted by Crippen LogP contribution is 2.20. The molecule has 1 N–H and O–H groups in total. The van der Waals surface area contributed by atoms with Crippen LogP contribution < -0.4 is 10.1 Å². The number of ether oxygens (including phenoxy) is 1. The number of carbonyl (C=O) groups is 1. The van der Waals surface area contributed by atoms with Crippen molar-refractivity contribution in [2.75, 3.05) is 25.5 Å². The fourth-order valence-corrected chi connectivity index (χ4v) is 3.42. The number of rotatable bonds is 4. The molecule has 2 aromatic heterocycles. The Labute approximate surface area is 158 Å². The lowest BCUT2D eigenvalue weighted by Gasteiger charge is -2.32. The molecule has 138 valence electrons. The summed E-state index contributed by atoms with van der Waals surface area (Å²) in [6.07, 6.45) is 5.24. The molecule has 4 rings (SSSR count). The normalized spacial score (nSPS) is 14.9. The summed E-state index contributed by atoms with van der Waals surface area (Å²) in [7, 11) is 1.64. The van der Waals surface area contributed by atoms with Crippen molar-refractivity contribution in [1.82, 2.24) is 14.9 Å². The number of fused-ring (bicyclic) bond motifs is 1. The second-order valence-electron chi connectivity index (χ2n) is 6.71. The number of piperidine rings is 1. The molecule has 0 bridgehead atoms. The van der Waals surface area contributed by atoms with Crippen LogP contribution in [0.5, 0.6) is 5.75 Å². The predicted molar refractivity (Wildman–Crippen MR) is 105 cm³/mol. The highest BCUT2D eigenvalue weighted by molar-refractivity contribution is 5.96. The molecule has 1 aliphatic rings. The lowest BCUT2D eigenvalue weighted by Crippen LogP contribution is -2.42. The van der Waals surface area contributed by atoms with Crippen LogP contribution in [0, 0.1) is 0 Å². The number of pyridine rings is 2. The summed E-state index contributed by atoms with van der Waals surface area (Å²) in [5.74, 6) is 1.58. The van der Waals surface area contributed by atoms with Gasteiger partial charge >= 0.3 is 0 Å². The molecular weight excluding hydrogens is 340 g/mol. The van der Waals surface area contributed by atoms with E-state index in [-0.39, 0.29) is 5.91 Å². The molecule has 1 fully saturated rings. The van der Waals surface area contributed by atoms with Crippen molar-refractivity contribution in [3.05, 3.63) is 60.6 Å². The summed E-state index contributed by atoms with van der Waals surface area (Å²) in [5, 5.41) is 5.52. The van der Waals surface area contributed by atoms with Crippen LogP contribution in [0.1, 0.15) is 23.3 Å². The summed E-state index contributed by atoms with van der Waals surface area (Å²) in [5.41, 5.74) is 0.509. The average Bonchev–Trinajstić information content (AvgIpc) is 2.73. The van der Waals surface area contributed by atoms with Gasteiger partial charge in [-0.2, -0.15) is 0 Å². The first kappa shape index (κ1) is 17.3. The molecule has 1 saturated heterocycles. The maximum atomic E-state index is 12.8. The first-order valence-corrected chi connectivity index (χ1v) is 9.13. The third-order valence-electron chi connectivity index (χ3n) is 4.95. The number of amides is 1. The second-order valence-corrected chi connectivity index (χ2v) is 6.71. The van der Waals surface area contributed by atoms with Crippen molar-refractivity contribution >= 4 is 22.5 Å². The van der Waals surface area contributed by atoms with Crippen molar-refractivity contribution in [3.63, 3.8) is 0 Å². The number of carbonyl (C=O) groups excluding carboxylic acids is 1. The van der Waals surface area contributed by atoms with E-state index in [1.807, 2.05) is 47.4 Å². The molecule has 1 aliphatic heterocycles. The molecule has 0 atom stereocenters. The van der Waals surface area contributed by atoms with Gasteiger partial charge in [0.15, 0.2) is 0 Å². The van der Waals surface area contributed by atoms with Crippen LogP contribution in [-0.2, 0) is 0 Å². The van der Waals surface area contributed by atoms with E-state index in [0.717, 1.165) is 35.2 Å². The van der Waals surface area contributed by atoms with Crippen LogP contribution in [-0.4, -0.2) is 47.0 Å². The van der Waals surface area contributed by atoms with Gasteiger partial charge in [0.1, 0.15) is 17.3 Å². The summed E-state index contributed by atoms with van der Waals surface area (Å²) in [4.78, 5) is 23.4. The van der Waals surface area contributed by atoms with Gasteiger partial charge in [-0.3, -0.25) is 9.78 Å². The van der Waals surface area contributed by atoms with Gasteiger partial charge in [0.2, 0.25) is 0 Å². The van der Waals surface area contributed by atoms with Crippen LogP contribution in [0.25, 0.3) is 10.8 Å². The second kappa shape index (κ2) is 7.61. The number of likely N-dealkylation sites (tertiary alicyclic amines) is 1. The van der Waals surface area contributed by atoms with Gasteiger partial charge in [0.05, 0.1) is 7.11 Å². The topological polar surface area (TPSA) is 67.3 Å². The fraction of sp³-hybridized carbons (Fsp3) is 0.286. The van der Waals surface area contributed by atoms with E-state index in [2.05, 4.69) is 15.3 Å². The molecular formula is C21H22N4O2. The molecule has 27 heavy (non-hydrogen) atoms. The standard InChI is InChI=1S/C21H22N4O2/c1-27-18-6-9-22-20(13-18)24-17-7-10-25(11-8-17)21(26)19-12-15-4-2-3-5-16(15)14-23-19/h2-6,9,12-14,17H,7-8,10-11H2,1H3,(H,22,24). The number of nitrogens with zero attached hydrogens (tertiary/aromatic N) is 3. The van der Waals surface area contributed by atoms with Crippen molar-refractivity contribution in [2.24, 2.45) is 0 Å². The Balaban J connectivity index is 1.38. The SMILES string of the molecule is COc1ccnc(NC2CCN(C(=O)c3cc4ccccc4cn3)CC2)c1. The van der Waals surface area contributed by atoms with Gasteiger partial charge in [-0.1, -0.05) is 24.3 Å². The minimum Gasteiger partial charge on any atom is -0.497 e. The molecule has 3 heterocycles. The zero-order valence-electron chi connectivity index (χ0n) is 15.3. The summed E-state index contributed by atoms with van der Waals surface area (Å²) >= 11 is 0. The van der Waals surface area contributed by atoms with Crippen LogP contribution in [0.15, 0.2) is 54.9 Å². The fourth-order valence-electron chi connectivity index (χ4n) is 3.42. The van der Waals surface area contributed by atoms with Gasteiger partial charge in [-0.25, -0.2) is 4.98 Å². The number of benzene rings is 1. The molecule has 0 radical (unpaired) electrons. The van der Waals surface area contributed by atoms with Gasteiger partial charge in [0, 0.05) is 43.0 Å². The van der Waals surface area contributed by atoms with Crippen molar-refractivity contribution in [3.8, 4) is 5.75 Å². The van der Waals surface area contributed by atoms with E-state index in [1.54, 1.807) is 19.5 Å². The van der Waals surface area contributed by atoms with Crippen LogP contribution in [0.3, 0.4) is 0 Å². The lowest BCUT2D eigenvalue weighted by molar-refractivity contribution is 0.0712. The molecule has 0 spiro atoms. The highest BCUT2D eigenvalue weighted by atomic mass is 16.5. The van der Waals surface area contributed by atoms with E-state index in [9.17, 15) is 4.79 Å². The Bertz CT molecular complexity index is 952. The van der Waals surface area contributed by atoms with Gasteiger partial charge in [-0.15, -0.1) is 0 Å². The molecule has 1 aromatic carbocycles. The largest absolute Gasteiger partial charge is 0.497 e. The summed E-state index contributed by atoms with van der Waals surface area (Å²) in [6.45, 7) is 1.41. The molecule has 6 nitrogen and oxygen atoms in total. The Morgan fingerprint density at radius 2 is 1.89 bits per heavy atom. The Kier molecular flexibility index (Phi) is 4.87. The van der Waals surface area contributed by atoms with Gasteiger partial charge < -0.3 is 15.0 Å². The van der Waals surface area contributed by atoms with Crippen LogP contribution in [0.4, 0.5) is 5.82 Å². The van der Waals surface area contributed by atoms with Crippen LogP contribution >= 0.6 is 0 Å². The number of hydrogen-bond acceptors (Lipinski definition) is 5. The molecule has 0 aliphatic carbocycles. The molecule has 6 heteroatoms. The monoisotopic (exact) mass is 362 g/mol. The number of nitrogens with one attached hydrogen (secondary N) is 1. The van der Waals surface area contributed by atoms with Gasteiger partial charge in [0.25, 0.3) is 5.91 Å². The first-order chi connectivity index (χ1) is 13.2. The maximum Gasteiger partial charge on any atom is 0.272 e. The number of methoxy groups -OCH3 is 1. The van der Waals surface area contributed by atoms with Crippen molar-refractivity contribution < 1.29 is 9.53 Å². The summed E-state index contributed by atoms with van der Waals surface area (Å²) < 4.78 is 5.23. The minimum atomic E-state index is -0.00120. The number of aromatic nitrogens is 2. The molecule has 0 saturated carbocycles. The predicted octanol–water partition coefficient (Wildman–Crippen LogP) is 3.36. The quantitative estimate of drug-likeness (QED) is 0.771. The maximum absolute atomic E-state index is 12.8. The van der Waals surface area contributed by atoms with Crippen molar-refractivity contribution in [2.45, 2.75) is 18.9 Å². The highest BCUT2D eigenvalue weighted by Gasteiger charge is 2.24. The molecule has 3 aromatic rings.